The molecule has 0 unspecified atom stereocenters. The third kappa shape index (κ3) is 3.23. The Morgan fingerprint density at radius 1 is 1.15 bits per heavy atom. The van der Waals surface area contributed by atoms with Crippen molar-refractivity contribution < 1.29 is 13.2 Å². The zero-order valence-electron chi connectivity index (χ0n) is 15.6. The predicted molar refractivity (Wildman–Crippen MR) is 106 cm³/mol. The largest absolute Gasteiger partial charge is 0.309 e. The van der Waals surface area contributed by atoms with Crippen LogP contribution in [0.3, 0.4) is 0 Å². The summed E-state index contributed by atoms with van der Waals surface area (Å²) >= 11 is 0. The fourth-order valence-electron chi connectivity index (χ4n) is 3.85. The zero-order chi connectivity index (χ0) is 19.2. The minimum absolute atomic E-state index is 0.0652. The Labute approximate surface area is 160 Å². The number of sulfonamides is 1. The lowest BCUT2D eigenvalue weighted by atomic mass is 9.84. The summed E-state index contributed by atoms with van der Waals surface area (Å²) in [6.07, 6.45) is 3.73. The quantitative estimate of drug-likeness (QED) is 0.870. The average Bonchev–Trinajstić information content (AvgIpc) is 2.90. The molecular weight excluding hydrogens is 360 g/mol. The molecule has 2 aromatic carbocycles. The molecule has 1 aliphatic heterocycles. The van der Waals surface area contributed by atoms with E-state index in [0.717, 1.165) is 36.1 Å². The summed E-state index contributed by atoms with van der Waals surface area (Å²) in [5, 5.41) is 0. The first kappa shape index (κ1) is 18.0. The normalized spacial score (nSPS) is 19.5. The molecule has 0 spiro atoms. The fourth-order valence-corrected chi connectivity index (χ4v) is 5.03. The van der Waals surface area contributed by atoms with Crippen LogP contribution in [0.5, 0.6) is 0 Å². The second-order valence-electron chi connectivity index (χ2n) is 7.60. The van der Waals surface area contributed by atoms with Gasteiger partial charge in [-0.1, -0.05) is 24.6 Å². The highest BCUT2D eigenvalue weighted by atomic mass is 32.2. The van der Waals surface area contributed by atoms with Gasteiger partial charge in [-0.25, -0.2) is 8.42 Å². The molecule has 1 amide bonds. The van der Waals surface area contributed by atoms with E-state index in [-0.39, 0.29) is 22.8 Å². The Balaban J connectivity index is 1.62. The van der Waals surface area contributed by atoms with Gasteiger partial charge in [0.1, 0.15) is 0 Å². The average molecular weight is 385 g/mol. The number of hydrogen-bond acceptors (Lipinski definition) is 3. The van der Waals surface area contributed by atoms with Crippen LogP contribution in [0.15, 0.2) is 47.4 Å². The van der Waals surface area contributed by atoms with E-state index >= 15 is 0 Å². The van der Waals surface area contributed by atoms with Gasteiger partial charge in [-0.3, -0.25) is 9.52 Å². The van der Waals surface area contributed by atoms with E-state index in [1.807, 2.05) is 30.9 Å². The van der Waals surface area contributed by atoms with Crippen LogP contribution in [0.2, 0.25) is 0 Å². The lowest BCUT2D eigenvalue weighted by Crippen LogP contribution is -2.42. The number of nitrogens with zero attached hydrogens (tertiary/aromatic N) is 1. The molecule has 27 heavy (non-hydrogen) atoms. The highest BCUT2D eigenvalue weighted by molar-refractivity contribution is 7.92. The van der Waals surface area contributed by atoms with Crippen LogP contribution >= 0.6 is 0 Å². The predicted octanol–water partition coefficient (Wildman–Crippen LogP) is 3.87. The van der Waals surface area contributed by atoms with Crippen molar-refractivity contribution in [2.75, 3.05) is 9.62 Å². The lowest BCUT2D eigenvalue weighted by Gasteiger charge is -2.32. The molecule has 1 atom stereocenters. The van der Waals surface area contributed by atoms with Gasteiger partial charge in [0.05, 0.1) is 10.6 Å². The van der Waals surface area contributed by atoms with Gasteiger partial charge in [-0.05, 0) is 68.5 Å². The minimum Gasteiger partial charge on any atom is -0.309 e. The second kappa shape index (κ2) is 6.68. The van der Waals surface area contributed by atoms with Gasteiger partial charge in [0.15, 0.2) is 0 Å². The summed E-state index contributed by atoms with van der Waals surface area (Å²) < 4.78 is 28.3. The summed E-state index contributed by atoms with van der Waals surface area (Å²) in [6.45, 7) is 3.89. The number of carbonyl (C=O) groups excluding carboxylic acids is 1. The van der Waals surface area contributed by atoms with E-state index in [2.05, 4.69) is 4.72 Å². The van der Waals surface area contributed by atoms with Crippen molar-refractivity contribution in [3.05, 3.63) is 53.6 Å². The first-order chi connectivity index (χ1) is 12.9. The smallest absolute Gasteiger partial charge is 0.261 e. The molecule has 0 bridgehead atoms. The van der Waals surface area contributed by atoms with E-state index in [1.165, 1.54) is 0 Å². The van der Waals surface area contributed by atoms with Gasteiger partial charge in [0, 0.05) is 17.6 Å². The zero-order valence-corrected chi connectivity index (χ0v) is 16.4. The molecule has 1 aliphatic carbocycles. The van der Waals surface area contributed by atoms with Gasteiger partial charge in [0.2, 0.25) is 5.91 Å². The van der Waals surface area contributed by atoms with E-state index in [0.29, 0.717) is 12.1 Å². The number of hydrogen-bond donors (Lipinski definition) is 1. The van der Waals surface area contributed by atoms with Crippen molar-refractivity contribution in [3.63, 3.8) is 0 Å². The van der Waals surface area contributed by atoms with Crippen molar-refractivity contribution in [2.24, 2.45) is 5.92 Å². The fraction of sp³-hybridized carbons (Fsp3) is 0.381. The maximum Gasteiger partial charge on any atom is 0.261 e. The third-order valence-electron chi connectivity index (χ3n) is 5.66. The monoisotopic (exact) mass is 384 g/mol. The Kier molecular flexibility index (Phi) is 4.46. The number of benzene rings is 2. The van der Waals surface area contributed by atoms with Crippen molar-refractivity contribution in [1.29, 1.82) is 0 Å². The van der Waals surface area contributed by atoms with Gasteiger partial charge in [0.25, 0.3) is 10.0 Å². The molecule has 1 N–H and O–H groups in total. The summed E-state index contributed by atoms with van der Waals surface area (Å²) in [5.41, 5.74) is 3.22. The molecule has 0 aromatic heterocycles. The number of carbonyl (C=O) groups is 1. The molecule has 0 saturated heterocycles. The maximum atomic E-state index is 12.8. The Morgan fingerprint density at radius 3 is 2.56 bits per heavy atom. The van der Waals surface area contributed by atoms with E-state index in [1.54, 1.807) is 30.3 Å². The number of amides is 1. The van der Waals surface area contributed by atoms with Crippen LogP contribution in [-0.4, -0.2) is 20.4 Å². The summed E-state index contributed by atoms with van der Waals surface area (Å²) in [7, 11) is -3.68. The standard InChI is InChI=1S/C21H24N2O3S/c1-14-6-3-4-9-19(14)22-27(25,26)18-10-11-20-17(13-18)12-15(2)23(20)21(24)16-7-5-8-16/h3-4,6,9-11,13,15-16,22H,5,7-8,12H2,1-2H3/t15-/m1/s1. The van der Waals surface area contributed by atoms with E-state index in [9.17, 15) is 13.2 Å². The SMILES string of the molecule is Cc1ccccc1NS(=O)(=O)c1ccc2c(c1)C[C@@H](C)N2C(=O)C1CCC1. The van der Waals surface area contributed by atoms with Crippen molar-refractivity contribution >= 4 is 27.3 Å². The van der Waals surface area contributed by atoms with Crippen molar-refractivity contribution in [3.8, 4) is 0 Å². The van der Waals surface area contributed by atoms with E-state index < -0.39 is 10.0 Å². The van der Waals surface area contributed by atoms with Crippen molar-refractivity contribution in [1.82, 2.24) is 0 Å². The topological polar surface area (TPSA) is 66.5 Å². The molecule has 1 fully saturated rings. The van der Waals surface area contributed by atoms with Crippen LogP contribution < -0.4 is 9.62 Å². The number of rotatable bonds is 4. The number of fused-ring (bicyclic) bond motifs is 1. The molecule has 2 aromatic rings. The number of nitrogens with one attached hydrogen (secondary N) is 1. The van der Waals surface area contributed by atoms with Gasteiger partial charge >= 0.3 is 0 Å². The maximum absolute atomic E-state index is 12.8. The molecule has 2 aliphatic rings. The Hall–Kier alpha value is -2.34. The van der Waals surface area contributed by atoms with Gasteiger partial charge in [-0.2, -0.15) is 0 Å². The number of anilines is 2. The molecule has 6 heteroatoms. The summed E-state index contributed by atoms with van der Waals surface area (Å²) in [4.78, 5) is 14.9. The molecule has 4 rings (SSSR count). The number of aryl methyl sites for hydroxylation is 1. The van der Waals surface area contributed by atoms with Crippen LogP contribution in [0.25, 0.3) is 0 Å². The summed E-state index contributed by atoms with van der Waals surface area (Å²) in [6, 6.07) is 12.4. The Morgan fingerprint density at radius 2 is 1.89 bits per heavy atom. The highest BCUT2D eigenvalue weighted by Gasteiger charge is 2.37. The molecule has 0 radical (unpaired) electrons. The van der Waals surface area contributed by atoms with Gasteiger partial charge in [-0.15, -0.1) is 0 Å². The van der Waals surface area contributed by atoms with Crippen LogP contribution in [0.4, 0.5) is 11.4 Å². The second-order valence-corrected chi connectivity index (χ2v) is 9.28. The van der Waals surface area contributed by atoms with Crippen LogP contribution in [-0.2, 0) is 21.2 Å². The molecule has 1 saturated carbocycles. The van der Waals surface area contributed by atoms with Crippen molar-refractivity contribution in [2.45, 2.75) is 50.5 Å². The van der Waals surface area contributed by atoms with Crippen LogP contribution in [0, 0.1) is 12.8 Å². The van der Waals surface area contributed by atoms with Crippen LogP contribution in [0.1, 0.15) is 37.3 Å². The summed E-state index contributed by atoms with van der Waals surface area (Å²) in [5.74, 6) is 0.311. The lowest BCUT2D eigenvalue weighted by molar-refractivity contribution is -0.125. The highest BCUT2D eigenvalue weighted by Crippen LogP contribution is 2.38. The first-order valence-electron chi connectivity index (χ1n) is 9.41. The minimum atomic E-state index is -3.68. The molecule has 142 valence electrons. The first-order valence-corrected chi connectivity index (χ1v) is 10.9. The number of para-hydroxylation sites is 1. The molecule has 5 nitrogen and oxygen atoms in total. The van der Waals surface area contributed by atoms with Gasteiger partial charge < -0.3 is 4.90 Å². The molecular formula is C21H24N2O3S. The van der Waals surface area contributed by atoms with E-state index in [4.69, 9.17) is 0 Å². The molecule has 1 heterocycles. The Bertz CT molecular complexity index is 996. The third-order valence-corrected chi connectivity index (χ3v) is 7.02.